The lowest BCUT2D eigenvalue weighted by Gasteiger charge is -2.03. The van der Waals surface area contributed by atoms with Crippen molar-refractivity contribution in [2.45, 2.75) is 5.03 Å². The molecule has 0 atom stereocenters. The number of aromatic nitrogens is 2. The molecule has 1 heterocycles. The molecule has 72 valence electrons. The lowest BCUT2D eigenvalue weighted by atomic mass is 10.7. The zero-order valence-corrected chi connectivity index (χ0v) is 9.10. The molecular formula is C6H9BrN4OS. The molecule has 0 aliphatic heterocycles. The van der Waals surface area contributed by atoms with Crippen LogP contribution in [0.2, 0.25) is 0 Å². The summed E-state index contributed by atoms with van der Waals surface area (Å²) in [7, 11) is 0. The number of nitrogens with two attached hydrogens (primary N) is 1. The van der Waals surface area contributed by atoms with Crippen molar-refractivity contribution in [1.29, 1.82) is 0 Å². The summed E-state index contributed by atoms with van der Waals surface area (Å²) in [5, 5.41) is 9.39. The van der Waals surface area contributed by atoms with Crippen molar-refractivity contribution in [3.05, 3.63) is 10.7 Å². The summed E-state index contributed by atoms with van der Waals surface area (Å²) < 4.78 is 0.796. The van der Waals surface area contributed by atoms with E-state index in [9.17, 15) is 0 Å². The van der Waals surface area contributed by atoms with E-state index in [4.69, 9.17) is 10.9 Å². The number of halogens is 1. The van der Waals surface area contributed by atoms with Gasteiger partial charge in [-0.1, -0.05) is 0 Å². The minimum atomic E-state index is 0.118. The predicted molar refractivity (Wildman–Crippen MR) is 55.4 cm³/mol. The summed E-state index contributed by atoms with van der Waals surface area (Å²) in [6.07, 6.45) is 1.61. The highest BCUT2D eigenvalue weighted by Crippen LogP contribution is 2.24. The Kier molecular flexibility index (Phi) is 4.43. The van der Waals surface area contributed by atoms with Crippen LogP contribution >= 0.6 is 27.7 Å². The molecule has 0 aliphatic rings. The van der Waals surface area contributed by atoms with Crippen LogP contribution in [0.3, 0.4) is 0 Å². The Morgan fingerprint density at radius 3 is 3.08 bits per heavy atom. The Bertz CT molecular complexity index is 285. The van der Waals surface area contributed by atoms with Gasteiger partial charge in [0, 0.05) is 11.9 Å². The van der Waals surface area contributed by atoms with Crippen LogP contribution in [0.5, 0.6) is 0 Å². The third kappa shape index (κ3) is 3.11. The lowest BCUT2D eigenvalue weighted by molar-refractivity contribution is 0.322. The number of hydrogen-bond donors (Lipinski definition) is 3. The molecule has 5 nitrogen and oxygen atoms in total. The average molecular weight is 265 g/mol. The maximum atomic E-state index is 8.63. The van der Waals surface area contributed by atoms with Crippen LogP contribution in [0.4, 0.5) is 5.95 Å². The first-order valence-electron chi connectivity index (χ1n) is 3.50. The number of nitrogen functional groups attached to an aromatic ring is 1. The largest absolute Gasteiger partial charge is 0.396 e. The van der Waals surface area contributed by atoms with Crippen LogP contribution < -0.4 is 11.3 Å². The molecule has 1 aromatic rings. The molecule has 7 heteroatoms. The first-order valence-corrected chi connectivity index (χ1v) is 5.28. The molecule has 0 fully saturated rings. The molecule has 0 aromatic carbocycles. The van der Waals surface area contributed by atoms with Gasteiger partial charge >= 0.3 is 0 Å². The van der Waals surface area contributed by atoms with E-state index in [0.29, 0.717) is 11.7 Å². The van der Waals surface area contributed by atoms with Gasteiger partial charge in [-0.25, -0.2) is 15.8 Å². The number of anilines is 1. The van der Waals surface area contributed by atoms with Crippen molar-refractivity contribution in [2.24, 2.45) is 5.84 Å². The zero-order chi connectivity index (χ0) is 9.68. The van der Waals surface area contributed by atoms with Gasteiger partial charge in [-0.05, 0) is 15.9 Å². The molecule has 0 saturated heterocycles. The first kappa shape index (κ1) is 10.7. The fourth-order valence-corrected chi connectivity index (χ4v) is 1.83. The third-order valence-corrected chi connectivity index (χ3v) is 2.99. The summed E-state index contributed by atoms with van der Waals surface area (Å²) in [5.41, 5.74) is 2.35. The van der Waals surface area contributed by atoms with E-state index >= 15 is 0 Å². The van der Waals surface area contributed by atoms with Crippen molar-refractivity contribution >= 4 is 33.6 Å². The lowest BCUT2D eigenvalue weighted by Crippen LogP contribution is -2.10. The van der Waals surface area contributed by atoms with Gasteiger partial charge in [0.25, 0.3) is 0 Å². The average Bonchev–Trinajstić information content (AvgIpc) is 2.17. The Morgan fingerprint density at radius 2 is 2.46 bits per heavy atom. The molecule has 0 radical (unpaired) electrons. The predicted octanol–water partition coefficient (Wildman–Crippen LogP) is 0.609. The molecule has 0 aliphatic carbocycles. The van der Waals surface area contributed by atoms with Crippen molar-refractivity contribution in [1.82, 2.24) is 9.97 Å². The third-order valence-electron chi connectivity index (χ3n) is 1.17. The van der Waals surface area contributed by atoms with E-state index in [2.05, 4.69) is 31.3 Å². The molecule has 1 aromatic heterocycles. The molecule has 0 saturated carbocycles. The summed E-state index contributed by atoms with van der Waals surface area (Å²) in [5.74, 6) is 6.11. The SMILES string of the molecule is NNc1ncc(Br)c(SCCO)n1. The molecule has 0 bridgehead atoms. The van der Waals surface area contributed by atoms with Crippen LogP contribution in [0.1, 0.15) is 0 Å². The van der Waals surface area contributed by atoms with E-state index in [-0.39, 0.29) is 6.61 Å². The summed E-state index contributed by atoms with van der Waals surface area (Å²) in [4.78, 5) is 7.98. The van der Waals surface area contributed by atoms with Crippen molar-refractivity contribution < 1.29 is 5.11 Å². The van der Waals surface area contributed by atoms with Gasteiger partial charge in [-0.15, -0.1) is 11.8 Å². The maximum absolute atomic E-state index is 8.63. The van der Waals surface area contributed by atoms with Gasteiger partial charge < -0.3 is 5.11 Å². The van der Waals surface area contributed by atoms with E-state index in [1.54, 1.807) is 6.20 Å². The second-order valence-corrected chi connectivity index (χ2v) is 4.00. The van der Waals surface area contributed by atoms with Gasteiger partial charge in [0.2, 0.25) is 5.95 Å². The highest BCUT2D eigenvalue weighted by Gasteiger charge is 2.04. The normalized spacial score (nSPS) is 10.1. The zero-order valence-electron chi connectivity index (χ0n) is 6.70. The second kappa shape index (κ2) is 5.38. The highest BCUT2D eigenvalue weighted by atomic mass is 79.9. The Labute approximate surface area is 88.2 Å². The molecule has 0 amide bonds. The minimum absolute atomic E-state index is 0.118. The number of nitrogens with one attached hydrogen (secondary N) is 1. The molecule has 0 unspecified atom stereocenters. The fraction of sp³-hybridized carbons (Fsp3) is 0.333. The van der Waals surface area contributed by atoms with Crippen molar-refractivity contribution in [2.75, 3.05) is 17.8 Å². The molecule has 4 N–H and O–H groups in total. The van der Waals surface area contributed by atoms with E-state index < -0.39 is 0 Å². The summed E-state index contributed by atoms with van der Waals surface area (Å²) in [6, 6.07) is 0. The molecule has 0 spiro atoms. The fourth-order valence-electron chi connectivity index (χ4n) is 0.665. The van der Waals surface area contributed by atoms with E-state index in [1.807, 2.05) is 0 Å². The number of thioether (sulfide) groups is 1. The van der Waals surface area contributed by atoms with Crippen LogP contribution in [0.15, 0.2) is 15.7 Å². The number of aliphatic hydroxyl groups excluding tert-OH is 1. The Balaban J connectivity index is 2.78. The summed E-state index contributed by atoms with van der Waals surface area (Å²) in [6.45, 7) is 0.118. The van der Waals surface area contributed by atoms with Gasteiger partial charge in [0.15, 0.2) is 0 Å². The summed E-state index contributed by atoms with van der Waals surface area (Å²) >= 11 is 4.73. The minimum Gasteiger partial charge on any atom is -0.396 e. The maximum Gasteiger partial charge on any atom is 0.238 e. The number of hydrazine groups is 1. The van der Waals surface area contributed by atoms with E-state index in [0.717, 1.165) is 9.50 Å². The number of nitrogens with zero attached hydrogens (tertiary/aromatic N) is 2. The van der Waals surface area contributed by atoms with Crippen LogP contribution in [-0.4, -0.2) is 27.4 Å². The number of rotatable bonds is 4. The number of aliphatic hydroxyl groups is 1. The monoisotopic (exact) mass is 264 g/mol. The Morgan fingerprint density at radius 1 is 1.69 bits per heavy atom. The van der Waals surface area contributed by atoms with Crippen LogP contribution in [-0.2, 0) is 0 Å². The molecule has 13 heavy (non-hydrogen) atoms. The van der Waals surface area contributed by atoms with Crippen molar-refractivity contribution in [3.8, 4) is 0 Å². The second-order valence-electron chi connectivity index (χ2n) is 2.06. The van der Waals surface area contributed by atoms with Gasteiger partial charge in [-0.2, -0.15) is 0 Å². The van der Waals surface area contributed by atoms with Gasteiger partial charge in [-0.3, -0.25) is 5.43 Å². The van der Waals surface area contributed by atoms with Crippen LogP contribution in [0.25, 0.3) is 0 Å². The first-order chi connectivity index (χ1) is 6.27. The molecular weight excluding hydrogens is 256 g/mol. The van der Waals surface area contributed by atoms with E-state index in [1.165, 1.54) is 11.8 Å². The smallest absolute Gasteiger partial charge is 0.238 e. The highest BCUT2D eigenvalue weighted by molar-refractivity contribution is 9.10. The topological polar surface area (TPSA) is 84.1 Å². The Hall–Kier alpha value is -0.370. The number of hydrogen-bond acceptors (Lipinski definition) is 6. The molecule has 1 rings (SSSR count). The van der Waals surface area contributed by atoms with Crippen molar-refractivity contribution in [3.63, 3.8) is 0 Å². The van der Waals surface area contributed by atoms with Crippen LogP contribution in [0, 0.1) is 0 Å². The quantitative estimate of drug-likeness (QED) is 0.320. The standard InChI is InChI=1S/C6H9BrN4OS/c7-4-3-9-6(11-8)10-5(4)13-2-1-12/h3,12H,1-2,8H2,(H,9,10,11). The van der Waals surface area contributed by atoms with Gasteiger partial charge in [0.1, 0.15) is 5.03 Å². The van der Waals surface area contributed by atoms with Gasteiger partial charge in [0.05, 0.1) is 11.1 Å².